The summed E-state index contributed by atoms with van der Waals surface area (Å²) in [5.41, 5.74) is 2.36. The Morgan fingerprint density at radius 2 is 1.46 bits per heavy atom. The minimum absolute atomic E-state index is 0.0372. The number of hydrogen-bond acceptors (Lipinski definition) is 5. The van der Waals surface area contributed by atoms with Crippen LogP contribution in [0, 0.1) is 11.8 Å². The van der Waals surface area contributed by atoms with E-state index in [0.717, 1.165) is 11.3 Å². The average molecular weight is 575 g/mol. The summed E-state index contributed by atoms with van der Waals surface area (Å²) in [5.74, 6) is -0.876. The molecule has 3 aromatic rings. The first-order valence-electron chi connectivity index (χ1n) is 13.9. The Morgan fingerprint density at radius 1 is 0.829 bits per heavy atom. The maximum absolute atomic E-state index is 13.1. The van der Waals surface area contributed by atoms with Crippen molar-refractivity contribution in [3.63, 3.8) is 0 Å². The lowest BCUT2D eigenvalue weighted by Crippen LogP contribution is -2.44. The van der Waals surface area contributed by atoms with Crippen molar-refractivity contribution < 1.29 is 22.8 Å². The molecule has 9 nitrogen and oxygen atoms in total. The van der Waals surface area contributed by atoms with E-state index in [-0.39, 0.29) is 47.4 Å². The number of piperidine rings is 1. The molecule has 3 amide bonds. The highest BCUT2D eigenvalue weighted by Gasteiger charge is 2.38. The van der Waals surface area contributed by atoms with Crippen molar-refractivity contribution in [1.82, 2.24) is 9.62 Å². The summed E-state index contributed by atoms with van der Waals surface area (Å²) in [5, 5.41) is 2.87. The summed E-state index contributed by atoms with van der Waals surface area (Å²) in [4.78, 5) is 42.1. The number of anilines is 2. The van der Waals surface area contributed by atoms with Crippen LogP contribution in [0.1, 0.15) is 24.8 Å². The molecule has 0 aliphatic carbocycles. The first-order valence-corrected chi connectivity index (χ1v) is 15.4. The zero-order valence-electron chi connectivity index (χ0n) is 22.7. The first kappa shape index (κ1) is 28.5. The van der Waals surface area contributed by atoms with Crippen molar-refractivity contribution >= 4 is 39.1 Å². The van der Waals surface area contributed by atoms with Gasteiger partial charge >= 0.3 is 0 Å². The van der Waals surface area contributed by atoms with Gasteiger partial charge in [0, 0.05) is 49.9 Å². The highest BCUT2D eigenvalue weighted by molar-refractivity contribution is 7.89. The third-order valence-corrected chi connectivity index (χ3v) is 9.18. The third-order valence-electron chi connectivity index (χ3n) is 7.70. The summed E-state index contributed by atoms with van der Waals surface area (Å²) < 4.78 is 27.9. The van der Waals surface area contributed by atoms with Gasteiger partial charge in [0.15, 0.2) is 0 Å². The van der Waals surface area contributed by atoms with Gasteiger partial charge in [0.05, 0.1) is 10.8 Å². The molecule has 0 saturated carbocycles. The largest absolute Gasteiger partial charge is 0.342 e. The van der Waals surface area contributed by atoms with Crippen LogP contribution in [0.2, 0.25) is 0 Å². The zero-order chi connectivity index (χ0) is 28.8. The number of likely N-dealkylation sites (tertiary alicyclic amines) is 1. The Labute approximate surface area is 240 Å². The fourth-order valence-electron chi connectivity index (χ4n) is 5.37. The number of amides is 3. The number of nitrogens with one attached hydrogen (secondary N) is 2. The van der Waals surface area contributed by atoms with E-state index in [9.17, 15) is 22.8 Å². The van der Waals surface area contributed by atoms with Gasteiger partial charge < -0.3 is 15.1 Å². The molecule has 5 rings (SSSR count). The monoisotopic (exact) mass is 574 g/mol. The fraction of sp³-hybridized carbons (Fsp3) is 0.323. The van der Waals surface area contributed by atoms with Gasteiger partial charge in [-0.1, -0.05) is 48.5 Å². The maximum Gasteiger partial charge on any atom is 0.240 e. The Morgan fingerprint density at radius 3 is 2.12 bits per heavy atom. The van der Waals surface area contributed by atoms with Gasteiger partial charge in [0.2, 0.25) is 27.7 Å². The summed E-state index contributed by atoms with van der Waals surface area (Å²) in [6.45, 7) is 1.57. The van der Waals surface area contributed by atoms with Crippen molar-refractivity contribution in [3.8, 4) is 0 Å². The van der Waals surface area contributed by atoms with Gasteiger partial charge in [-0.25, -0.2) is 13.1 Å². The van der Waals surface area contributed by atoms with E-state index in [4.69, 9.17) is 0 Å². The van der Waals surface area contributed by atoms with E-state index < -0.39 is 10.0 Å². The molecule has 10 heteroatoms. The molecule has 1 atom stereocenters. The molecule has 41 heavy (non-hydrogen) atoms. The molecule has 2 heterocycles. The number of carbonyl (C=O) groups excluding carboxylic acids is 3. The van der Waals surface area contributed by atoms with Crippen LogP contribution >= 0.6 is 0 Å². The van der Waals surface area contributed by atoms with E-state index in [2.05, 4.69) is 10.0 Å². The van der Waals surface area contributed by atoms with Crippen molar-refractivity contribution in [2.45, 2.75) is 30.6 Å². The van der Waals surface area contributed by atoms with E-state index >= 15 is 0 Å². The molecule has 2 fully saturated rings. The lowest BCUT2D eigenvalue weighted by Gasteiger charge is -2.33. The van der Waals surface area contributed by atoms with Gasteiger partial charge in [0.25, 0.3) is 0 Å². The molecule has 214 valence electrons. The summed E-state index contributed by atoms with van der Waals surface area (Å²) in [6.07, 6.45) is 1.84. The highest BCUT2D eigenvalue weighted by Crippen LogP contribution is 2.28. The van der Waals surface area contributed by atoms with Crippen molar-refractivity contribution in [2.75, 3.05) is 36.4 Å². The Hall–Kier alpha value is -4.02. The predicted octanol–water partition coefficient (Wildman–Crippen LogP) is 3.44. The van der Waals surface area contributed by atoms with Crippen LogP contribution in [0.25, 0.3) is 0 Å². The molecule has 2 aliphatic rings. The molecule has 0 bridgehead atoms. The van der Waals surface area contributed by atoms with Crippen LogP contribution in [0.15, 0.2) is 89.8 Å². The van der Waals surface area contributed by atoms with Gasteiger partial charge in [-0.05, 0) is 61.2 Å². The second kappa shape index (κ2) is 12.7. The zero-order valence-corrected chi connectivity index (χ0v) is 23.6. The lowest BCUT2D eigenvalue weighted by molar-refractivity contribution is -0.138. The lowest BCUT2D eigenvalue weighted by atomic mass is 9.94. The SMILES string of the molecule is O=C(Nc1ccc(S(=O)(=O)NCCc2ccccc2)cc1)C1CCN(C(=O)C2CC(=O)N(c3ccccc3)C2)CC1. The molecular weight excluding hydrogens is 540 g/mol. The second-order valence-electron chi connectivity index (χ2n) is 10.5. The topological polar surface area (TPSA) is 116 Å². The van der Waals surface area contributed by atoms with Crippen molar-refractivity contribution in [2.24, 2.45) is 11.8 Å². The van der Waals surface area contributed by atoms with Gasteiger partial charge in [-0.3, -0.25) is 14.4 Å². The van der Waals surface area contributed by atoms with Crippen LogP contribution in [-0.2, 0) is 30.8 Å². The highest BCUT2D eigenvalue weighted by atomic mass is 32.2. The quantitative estimate of drug-likeness (QED) is 0.406. The van der Waals surface area contributed by atoms with Gasteiger partial charge in [0.1, 0.15) is 0 Å². The van der Waals surface area contributed by atoms with Crippen LogP contribution in [0.5, 0.6) is 0 Å². The Kier molecular flexibility index (Phi) is 8.80. The van der Waals surface area contributed by atoms with Gasteiger partial charge in [-0.2, -0.15) is 0 Å². The van der Waals surface area contributed by atoms with E-state index in [0.29, 0.717) is 44.6 Å². The van der Waals surface area contributed by atoms with E-state index in [1.54, 1.807) is 21.9 Å². The molecule has 2 N–H and O–H groups in total. The minimum Gasteiger partial charge on any atom is -0.342 e. The molecule has 0 spiro atoms. The fourth-order valence-corrected chi connectivity index (χ4v) is 6.40. The molecule has 2 saturated heterocycles. The number of para-hydroxylation sites is 1. The molecule has 2 aliphatic heterocycles. The molecule has 1 unspecified atom stereocenters. The summed E-state index contributed by atoms with van der Waals surface area (Å²) in [7, 11) is -3.66. The second-order valence-corrected chi connectivity index (χ2v) is 12.3. The maximum atomic E-state index is 13.1. The van der Waals surface area contributed by atoms with Crippen molar-refractivity contribution in [1.29, 1.82) is 0 Å². The predicted molar refractivity (Wildman–Crippen MR) is 157 cm³/mol. The number of hydrogen-bond donors (Lipinski definition) is 2. The molecule has 3 aromatic carbocycles. The number of benzene rings is 3. The van der Waals surface area contributed by atoms with Crippen molar-refractivity contribution in [3.05, 3.63) is 90.5 Å². The van der Waals surface area contributed by atoms with Gasteiger partial charge in [-0.15, -0.1) is 0 Å². The minimum atomic E-state index is -3.66. The number of nitrogens with zero attached hydrogens (tertiary/aromatic N) is 2. The number of rotatable bonds is 9. The van der Waals surface area contributed by atoms with Crippen LogP contribution in [0.3, 0.4) is 0 Å². The first-order chi connectivity index (χ1) is 19.8. The molecule has 0 radical (unpaired) electrons. The van der Waals surface area contributed by atoms with Crippen LogP contribution in [-0.4, -0.2) is 57.2 Å². The van der Waals surface area contributed by atoms with Crippen LogP contribution in [0.4, 0.5) is 11.4 Å². The number of sulfonamides is 1. The smallest absolute Gasteiger partial charge is 0.240 e. The Bertz CT molecular complexity index is 1470. The van der Waals surface area contributed by atoms with E-state index in [1.807, 2.05) is 60.7 Å². The summed E-state index contributed by atoms with van der Waals surface area (Å²) >= 11 is 0. The third kappa shape index (κ3) is 7.01. The average Bonchev–Trinajstić information content (AvgIpc) is 3.39. The molecular formula is C31H34N4O5S. The summed E-state index contributed by atoms with van der Waals surface area (Å²) in [6, 6.07) is 25.1. The normalized spacial score (nSPS) is 18.0. The van der Waals surface area contributed by atoms with E-state index in [1.165, 1.54) is 12.1 Å². The standard InChI is InChI=1S/C31H34N4O5S/c36-29-21-25(22-35(29)27-9-5-2-6-10-27)31(38)34-19-16-24(17-20-34)30(37)33-26-11-13-28(14-12-26)41(39,40)32-18-15-23-7-3-1-4-8-23/h1-14,24-25,32H,15-22H2,(H,33,37). The van der Waals surface area contributed by atoms with Crippen LogP contribution < -0.4 is 14.9 Å². The molecule has 0 aromatic heterocycles. The number of carbonyl (C=O) groups is 3. The Balaban J connectivity index is 1.08.